The van der Waals surface area contributed by atoms with E-state index in [1.807, 2.05) is 39.0 Å². The standard InChI is InChI=1S/C29H48N4O5/c1-8-10-12-15-31-26(35)25(22-18-20(3)17-21(4)19-22)33(16-11-9-2)27(36)23(13-14-24(30)34)32-28(37)38-29(5,6)7/h17-19,23,25H,8-16H2,1-7H3,(H2,30,34)(H,31,35)(H,32,37). The number of amides is 4. The summed E-state index contributed by atoms with van der Waals surface area (Å²) in [5.41, 5.74) is 7.25. The molecule has 0 bridgehead atoms. The molecule has 0 radical (unpaired) electrons. The number of alkyl carbamates (subject to hydrolysis) is 1. The van der Waals surface area contributed by atoms with Gasteiger partial charge in [-0.2, -0.15) is 0 Å². The number of rotatable bonds is 15. The van der Waals surface area contributed by atoms with Gasteiger partial charge in [0.2, 0.25) is 17.7 Å². The second kappa shape index (κ2) is 16.0. The van der Waals surface area contributed by atoms with Gasteiger partial charge in [-0.1, -0.05) is 62.4 Å². The second-order valence-corrected chi connectivity index (χ2v) is 10.9. The van der Waals surface area contributed by atoms with E-state index in [4.69, 9.17) is 10.5 Å². The number of nitrogens with two attached hydrogens (primary N) is 1. The molecule has 214 valence electrons. The number of carbonyl (C=O) groups excluding carboxylic acids is 4. The summed E-state index contributed by atoms with van der Waals surface area (Å²) < 4.78 is 5.37. The van der Waals surface area contributed by atoms with E-state index in [0.717, 1.165) is 36.8 Å². The number of nitrogens with zero attached hydrogens (tertiary/aromatic N) is 1. The third kappa shape index (κ3) is 12.0. The number of benzene rings is 1. The topological polar surface area (TPSA) is 131 Å². The molecule has 0 heterocycles. The van der Waals surface area contributed by atoms with Crippen LogP contribution in [0, 0.1) is 13.8 Å². The predicted molar refractivity (Wildman–Crippen MR) is 149 cm³/mol. The third-order valence-electron chi connectivity index (χ3n) is 5.90. The molecule has 9 heteroatoms. The largest absolute Gasteiger partial charge is 0.444 e. The van der Waals surface area contributed by atoms with Gasteiger partial charge in [0.25, 0.3) is 0 Å². The Balaban J connectivity index is 3.48. The fourth-order valence-electron chi connectivity index (χ4n) is 4.21. The predicted octanol–water partition coefficient (Wildman–Crippen LogP) is 4.44. The maximum atomic E-state index is 14.1. The van der Waals surface area contributed by atoms with Crippen molar-refractivity contribution in [2.45, 2.75) is 111 Å². The molecule has 0 aliphatic rings. The number of carbonyl (C=O) groups is 4. The Kier molecular flexibility index (Phi) is 13.9. The van der Waals surface area contributed by atoms with Crippen molar-refractivity contribution in [3.8, 4) is 0 Å². The summed E-state index contributed by atoms with van der Waals surface area (Å²) in [5.74, 6) is -1.33. The zero-order valence-electron chi connectivity index (χ0n) is 24.3. The van der Waals surface area contributed by atoms with Crippen LogP contribution in [0.1, 0.15) is 102 Å². The molecule has 4 N–H and O–H groups in total. The van der Waals surface area contributed by atoms with Crippen molar-refractivity contribution in [1.29, 1.82) is 0 Å². The third-order valence-corrected chi connectivity index (χ3v) is 5.90. The normalized spacial score (nSPS) is 12.8. The molecule has 9 nitrogen and oxygen atoms in total. The zero-order chi connectivity index (χ0) is 28.9. The molecular formula is C29H48N4O5. The second-order valence-electron chi connectivity index (χ2n) is 10.9. The molecule has 0 aromatic heterocycles. The Hall–Kier alpha value is -3.10. The highest BCUT2D eigenvalue weighted by Gasteiger charge is 2.36. The molecule has 2 atom stereocenters. The average Bonchev–Trinajstić information content (AvgIpc) is 2.79. The van der Waals surface area contributed by atoms with E-state index in [-0.39, 0.29) is 18.7 Å². The Morgan fingerprint density at radius 3 is 2.11 bits per heavy atom. The SMILES string of the molecule is CCCCCNC(=O)C(c1cc(C)cc(C)c1)N(CCCC)C(=O)C(CCC(N)=O)NC(=O)OC(C)(C)C. The van der Waals surface area contributed by atoms with Crippen LogP contribution < -0.4 is 16.4 Å². The number of aryl methyl sites for hydroxylation is 2. The highest BCUT2D eigenvalue weighted by molar-refractivity contribution is 5.92. The lowest BCUT2D eigenvalue weighted by molar-refractivity contribution is -0.142. The van der Waals surface area contributed by atoms with E-state index in [0.29, 0.717) is 25.1 Å². The summed E-state index contributed by atoms with van der Waals surface area (Å²) in [4.78, 5) is 53.4. The minimum atomic E-state index is -1.09. The minimum absolute atomic E-state index is 0.00623. The molecule has 2 unspecified atom stereocenters. The van der Waals surface area contributed by atoms with E-state index >= 15 is 0 Å². The number of nitrogens with one attached hydrogen (secondary N) is 2. The molecule has 0 saturated carbocycles. The van der Waals surface area contributed by atoms with Crippen LogP contribution in [-0.2, 0) is 19.1 Å². The van der Waals surface area contributed by atoms with Crippen LogP contribution in [0.2, 0.25) is 0 Å². The number of primary amides is 1. The van der Waals surface area contributed by atoms with Gasteiger partial charge in [0, 0.05) is 19.5 Å². The summed E-state index contributed by atoms with van der Waals surface area (Å²) in [6.07, 6.45) is 3.42. The molecule has 0 spiro atoms. The molecule has 4 amide bonds. The fourth-order valence-corrected chi connectivity index (χ4v) is 4.21. The van der Waals surface area contributed by atoms with Crippen LogP contribution in [0.15, 0.2) is 18.2 Å². The van der Waals surface area contributed by atoms with Crippen LogP contribution in [0.4, 0.5) is 4.79 Å². The molecule has 0 fully saturated rings. The lowest BCUT2D eigenvalue weighted by Crippen LogP contribution is -2.53. The Morgan fingerprint density at radius 1 is 0.974 bits per heavy atom. The maximum Gasteiger partial charge on any atom is 0.408 e. The van der Waals surface area contributed by atoms with Crippen molar-refractivity contribution in [3.05, 3.63) is 34.9 Å². The summed E-state index contributed by atoms with van der Waals surface area (Å²) >= 11 is 0. The van der Waals surface area contributed by atoms with Crippen LogP contribution in [-0.4, -0.2) is 53.4 Å². The van der Waals surface area contributed by atoms with Gasteiger partial charge in [-0.25, -0.2) is 4.79 Å². The van der Waals surface area contributed by atoms with Gasteiger partial charge in [-0.15, -0.1) is 0 Å². The van der Waals surface area contributed by atoms with E-state index in [9.17, 15) is 19.2 Å². The smallest absolute Gasteiger partial charge is 0.408 e. The average molecular weight is 533 g/mol. The monoisotopic (exact) mass is 532 g/mol. The van der Waals surface area contributed by atoms with Crippen molar-refractivity contribution >= 4 is 23.8 Å². The Bertz CT molecular complexity index is 921. The first-order valence-electron chi connectivity index (χ1n) is 13.7. The highest BCUT2D eigenvalue weighted by Crippen LogP contribution is 2.26. The Labute approximate surface area is 228 Å². The van der Waals surface area contributed by atoms with Gasteiger partial charge >= 0.3 is 6.09 Å². The van der Waals surface area contributed by atoms with Crippen LogP contribution in [0.25, 0.3) is 0 Å². The van der Waals surface area contributed by atoms with Crippen molar-refractivity contribution in [2.75, 3.05) is 13.1 Å². The number of hydrogen-bond donors (Lipinski definition) is 3. The van der Waals surface area contributed by atoms with Gasteiger partial charge in [-0.05, 0) is 59.4 Å². The van der Waals surface area contributed by atoms with Crippen molar-refractivity contribution in [2.24, 2.45) is 5.73 Å². The van der Waals surface area contributed by atoms with Gasteiger partial charge in [-0.3, -0.25) is 14.4 Å². The maximum absolute atomic E-state index is 14.1. The van der Waals surface area contributed by atoms with E-state index < -0.39 is 35.6 Å². The lowest BCUT2D eigenvalue weighted by atomic mass is 9.97. The van der Waals surface area contributed by atoms with Gasteiger partial charge in [0.15, 0.2) is 0 Å². The van der Waals surface area contributed by atoms with E-state index in [2.05, 4.69) is 17.6 Å². The van der Waals surface area contributed by atoms with Crippen molar-refractivity contribution in [1.82, 2.24) is 15.5 Å². The summed E-state index contributed by atoms with van der Waals surface area (Å²) in [6, 6.07) is 3.85. The molecule has 1 rings (SSSR count). The van der Waals surface area contributed by atoms with Gasteiger partial charge in [0.05, 0.1) is 0 Å². The molecule has 38 heavy (non-hydrogen) atoms. The van der Waals surface area contributed by atoms with E-state index in [1.165, 1.54) is 4.90 Å². The minimum Gasteiger partial charge on any atom is -0.444 e. The van der Waals surface area contributed by atoms with Gasteiger partial charge in [0.1, 0.15) is 17.7 Å². The molecule has 0 aliphatic carbocycles. The van der Waals surface area contributed by atoms with E-state index in [1.54, 1.807) is 20.8 Å². The Morgan fingerprint density at radius 2 is 1.58 bits per heavy atom. The molecule has 0 saturated heterocycles. The number of hydrogen-bond acceptors (Lipinski definition) is 5. The molecule has 0 aliphatic heterocycles. The summed E-state index contributed by atoms with van der Waals surface area (Å²) in [6.45, 7) is 14.0. The van der Waals surface area contributed by atoms with Crippen LogP contribution >= 0.6 is 0 Å². The summed E-state index contributed by atoms with van der Waals surface area (Å²) in [5, 5.41) is 5.63. The quantitative estimate of drug-likeness (QED) is 0.288. The number of ether oxygens (including phenoxy) is 1. The molecule has 1 aromatic rings. The molecular weight excluding hydrogens is 484 g/mol. The first kappa shape index (κ1) is 32.9. The first-order valence-corrected chi connectivity index (χ1v) is 13.7. The fraction of sp³-hybridized carbons (Fsp3) is 0.655. The summed E-state index contributed by atoms with van der Waals surface area (Å²) in [7, 11) is 0. The molecule has 1 aromatic carbocycles. The number of unbranched alkanes of at least 4 members (excludes halogenated alkanes) is 3. The van der Waals surface area contributed by atoms with Crippen molar-refractivity contribution in [3.63, 3.8) is 0 Å². The first-order chi connectivity index (χ1) is 17.8. The van der Waals surface area contributed by atoms with Crippen LogP contribution in [0.3, 0.4) is 0 Å². The highest BCUT2D eigenvalue weighted by atomic mass is 16.6. The van der Waals surface area contributed by atoms with Crippen LogP contribution in [0.5, 0.6) is 0 Å². The zero-order valence-corrected chi connectivity index (χ0v) is 24.3. The van der Waals surface area contributed by atoms with Crippen molar-refractivity contribution < 1.29 is 23.9 Å². The van der Waals surface area contributed by atoms with Gasteiger partial charge < -0.3 is 26.0 Å². The lowest BCUT2D eigenvalue weighted by Gasteiger charge is -2.35.